The molecule has 1 N–H and O–H groups in total. The number of aromatic nitrogens is 3. The van der Waals surface area contributed by atoms with E-state index in [-0.39, 0.29) is 17.5 Å². The van der Waals surface area contributed by atoms with Crippen LogP contribution in [0, 0.1) is 12.7 Å². The molecule has 4 aromatic carbocycles. The standard InChI is InChI=1S/C31H27FN4O3S/c1-21-7-15-25(16-8-21)36-30(27-5-3-4-6-28(27)38-2)34-35-31(36)40-20-29(37)33-24-13-17-26(18-14-24)39-19-22-9-11-23(32)12-10-22/h3-18H,19-20H2,1-2H3,(H,33,37). The lowest BCUT2D eigenvalue weighted by Crippen LogP contribution is -2.14. The number of amides is 1. The Hall–Kier alpha value is -4.63. The first kappa shape index (κ1) is 27.0. The molecule has 0 saturated carbocycles. The predicted octanol–water partition coefficient (Wildman–Crippen LogP) is 6.70. The SMILES string of the molecule is COc1ccccc1-c1nnc(SCC(=O)Nc2ccc(OCc3ccc(F)cc3)cc2)n1-c1ccc(C)cc1. The van der Waals surface area contributed by atoms with Gasteiger partial charge in [0.1, 0.15) is 23.9 Å². The van der Waals surface area contributed by atoms with Crippen molar-refractivity contribution < 1.29 is 18.7 Å². The van der Waals surface area contributed by atoms with Crippen molar-refractivity contribution in [2.75, 3.05) is 18.2 Å². The molecule has 0 aliphatic carbocycles. The molecule has 0 bridgehead atoms. The average Bonchev–Trinajstić information content (AvgIpc) is 3.40. The van der Waals surface area contributed by atoms with Gasteiger partial charge in [0, 0.05) is 11.4 Å². The number of benzene rings is 4. The van der Waals surface area contributed by atoms with E-state index in [9.17, 15) is 9.18 Å². The quantitative estimate of drug-likeness (QED) is 0.194. The molecular weight excluding hydrogens is 527 g/mol. The molecule has 0 radical (unpaired) electrons. The second kappa shape index (κ2) is 12.5. The third kappa shape index (κ3) is 6.50. The molecule has 202 valence electrons. The molecule has 9 heteroatoms. The van der Waals surface area contributed by atoms with Gasteiger partial charge >= 0.3 is 0 Å². The summed E-state index contributed by atoms with van der Waals surface area (Å²) >= 11 is 1.30. The molecule has 0 saturated heterocycles. The Morgan fingerprint density at radius 1 is 0.925 bits per heavy atom. The smallest absolute Gasteiger partial charge is 0.234 e. The third-order valence-electron chi connectivity index (χ3n) is 6.06. The van der Waals surface area contributed by atoms with E-state index in [1.807, 2.05) is 60.0 Å². The van der Waals surface area contributed by atoms with Crippen molar-refractivity contribution in [3.05, 3.63) is 114 Å². The molecule has 1 amide bonds. The Bertz CT molecular complexity index is 1590. The van der Waals surface area contributed by atoms with Crippen molar-refractivity contribution in [1.29, 1.82) is 0 Å². The van der Waals surface area contributed by atoms with Gasteiger partial charge in [-0.15, -0.1) is 10.2 Å². The molecule has 40 heavy (non-hydrogen) atoms. The number of nitrogens with one attached hydrogen (secondary N) is 1. The summed E-state index contributed by atoms with van der Waals surface area (Å²) in [7, 11) is 1.62. The molecule has 5 aromatic rings. The van der Waals surface area contributed by atoms with Gasteiger partial charge in [0.15, 0.2) is 11.0 Å². The lowest BCUT2D eigenvalue weighted by atomic mass is 10.1. The highest BCUT2D eigenvalue weighted by Gasteiger charge is 2.20. The van der Waals surface area contributed by atoms with Gasteiger partial charge in [-0.1, -0.05) is 53.7 Å². The first-order chi connectivity index (χ1) is 19.5. The number of para-hydroxylation sites is 1. The van der Waals surface area contributed by atoms with E-state index in [0.29, 0.717) is 34.8 Å². The largest absolute Gasteiger partial charge is 0.496 e. The van der Waals surface area contributed by atoms with Gasteiger partial charge in [-0.05, 0) is 73.2 Å². The fraction of sp³-hybridized carbons (Fsp3) is 0.129. The fourth-order valence-corrected chi connectivity index (χ4v) is 4.75. The highest BCUT2D eigenvalue weighted by molar-refractivity contribution is 7.99. The number of halogens is 1. The van der Waals surface area contributed by atoms with Crippen LogP contribution in [-0.4, -0.2) is 33.5 Å². The Kier molecular flexibility index (Phi) is 8.41. The minimum Gasteiger partial charge on any atom is -0.496 e. The number of methoxy groups -OCH3 is 1. The number of carbonyl (C=O) groups is 1. The normalized spacial score (nSPS) is 10.8. The lowest BCUT2D eigenvalue weighted by Gasteiger charge is -2.13. The van der Waals surface area contributed by atoms with Gasteiger partial charge < -0.3 is 14.8 Å². The van der Waals surface area contributed by atoms with E-state index in [2.05, 4.69) is 15.5 Å². The molecule has 0 aliphatic rings. The molecule has 0 spiro atoms. The highest BCUT2D eigenvalue weighted by Crippen LogP contribution is 2.33. The predicted molar refractivity (Wildman–Crippen MR) is 155 cm³/mol. The molecular formula is C31H27FN4O3S. The summed E-state index contributed by atoms with van der Waals surface area (Å²) < 4.78 is 26.3. The fourth-order valence-electron chi connectivity index (χ4n) is 4.00. The van der Waals surface area contributed by atoms with Crippen molar-refractivity contribution in [2.24, 2.45) is 0 Å². The molecule has 0 aliphatic heterocycles. The zero-order valence-corrected chi connectivity index (χ0v) is 22.8. The third-order valence-corrected chi connectivity index (χ3v) is 6.99. The molecule has 1 heterocycles. The summed E-state index contributed by atoms with van der Waals surface area (Å²) in [4.78, 5) is 12.8. The van der Waals surface area contributed by atoms with Crippen molar-refractivity contribution in [2.45, 2.75) is 18.7 Å². The molecule has 5 rings (SSSR count). The van der Waals surface area contributed by atoms with E-state index in [1.54, 1.807) is 43.5 Å². The monoisotopic (exact) mass is 554 g/mol. The van der Waals surface area contributed by atoms with Crippen LogP contribution in [-0.2, 0) is 11.4 Å². The average molecular weight is 555 g/mol. The van der Waals surface area contributed by atoms with Crippen LogP contribution in [0.3, 0.4) is 0 Å². The summed E-state index contributed by atoms with van der Waals surface area (Å²) in [5.41, 5.74) is 4.33. The first-order valence-electron chi connectivity index (χ1n) is 12.6. The number of carbonyl (C=O) groups excluding carboxylic acids is 1. The van der Waals surface area contributed by atoms with E-state index in [0.717, 1.165) is 22.4 Å². The zero-order chi connectivity index (χ0) is 27.9. The number of ether oxygens (including phenoxy) is 2. The highest BCUT2D eigenvalue weighted by atomic mass is 32.2. The van der Waals surface area contributed by atoms with Gasteiger partial charge in [0.2, 0.25) is 5.91 Å². The maximum absolute atomic E-state index is 13.1. The second-order valence-corrected chi connectivity index (χ2v) is 9.90. The summed E-state index contributed by atoms with van der Waals surface area (Å²) in [6.45, 7) is 2.35. The number of thioether (sulfide) groups is 1. The van der Waals surface area contributed by atoms with E-state index in [1.165, 1.54) is 23.9 Å². The lowest BCUT2D eigenvalue weighted by molar-refractivity contribution is -0.113. The molecule has 0 atom stereocenters. The molecule has 1 aromatic heterocycles. The van der Waals surface area contributed by atoms with E-state index < -0.39 is 0 Å². The number of rotatable bonds is 10. The van der Waals surface area contributed by atoms with Crippen LogP contribution in [0.1, 0.15) is 11.1 Å². The summed E-state index contributed by atoms with van der Waals surface area (Å²) in [5.74, 6) is 1.63. The van der Waals surface area contributed by atoms with Crippen LogP contribution in [0.15, 0.2) is 102 Å². The van der Waals surface area contributed by atoms with Crippen molar-refractivity contribution >= 4 is 23.4 Å². The van der Waals surface area contributed by atoms with Crippen molar-refractivity contribution in [3.63, 3.8) is 0 Å². The molecule has 0 fully saturated rings. The Morgan fingerprint density at radius 2 is 1.65 bits per heavy atom. The van der Waals surface area contributed by atoms with Crippen molar-refractivity contribution in [1.82, 2.24) is 14.8 Å². The number of nitrogens with zero attached hydrogens (tertiary/aromatic N) is 3. The summed E-state index contributed by atoms with van der Waals surface area (Å²) in [6.07, 6.45) is 0. The molecule has 7 nitrogen and oxygen atoms in total. The maximum Gasteiger partial charge on any atom is 0.234 e. The minimum atomic E-state index is -0.283. The summed E-state index contributed by atoms with van der Waals surface area (Å²) in [6, 6.07) is 29.0. The Balaban J connectivity index is 1.26. The van der Waals surface area contributed by atoms with Gasteiger partial charge in [-0.3, -0.25) is 9.36 Å². The second-order valence-electron chi connectivity index (χ2n) is 8.95. The van der Waals surface area contributed by atoms with Crippen LogP contribution in [0.2, 0.25) is 0 Å². The van der Waals surface area contributed by atoms with Crippen LogP contribution >= 0.6 is 11.8 Å². The van der Waals surface area contributed by atoms with Crippen LogP contribution in [0.25, 0.3) is 17.1 Å². The maximum atomic E-state index is 13.1. The van der Waals surface area contributed by atoms with Crippen molar-refractivity contribution in [3.8, 4) is 28.6 Å². The van der Waals surface area contributed by atoms with Gasteiger partial charge in [-0.25, -0.2) is 4.39 Å². The number of aryl methyl sites for hydroxylation is 1. The first-order valence-corrected chi connectivity index (χ1v) is 13.5. The van der Waals surface area contributed by atoms with Gasteiger partial charge in [0.25, 0.3) is 0 Å². The number of anilines is 1. The Morgan fingerprint density at radius 3 is 2.38 bits per heavy atom. The summed E-state index contributed by atoms with van der Waals surface area (Å²) in [5, 5.41) is 12.4. The minimum absolute atomic E-state index is 0.138. The van der Waals surface area contributed by atoms with Crippen LogP contribution in [0.4, 0.5) is 10.1 Å². The topological polar surface area (TPSA) is 78.3 Å². The van der Waals surface area contributed by atoms with E-state index in [4.69, 9.17) is 9.47 Å². The van der Waals surface area contributed by atoms with E-state index >= 15 is 0 Å². The van der Waals surface area contributed by atoms with Gasteiger partial charge in [-0.2, -0.15) is 0 Å². The Labute approximate surface area is 236 Å². The number of hydrogen-bond donors (Lipinski definition) is 1. The van der Waals surface area contributed by atoms with Crippen LogP contribution < -0.4 is 14.8 Å². The number of hydrogen-bond acceptors (Lipinski definition) is 6. The zero-order valence-electron chi connectivity index (χ0n) is 22.0. The van der Waals surface area contributed by atoms with Crippen LogP contribution in [0.5, 0.6) is 11.5 Å². The van der Waals surface area contributed by atoms with Gasteiger partial charge in [0.05, 0.1) is 18.4 Å². The molecule has 0 unspecified atom stereocenters.